The van der Waals surface area contributed by atoms with E-state index < -0.39 is 29.7 Å². The molecule has 0 radical (unpaired) electrons. The monoisotopic (exact) mass is 205 g/mol. The average molecular weight is 205 g/mol. The predicted molar refractivity (Wildman–Crippen MR) is 46.3 cm³/mol. The molecule has 1 rings (SSSR count). The first-order chi connectivity index (χ1) is 6.40. The van der Waals surface area contributed by atoms with Crippen LogP contribution >= 0.6 is 0 Å². The first kappa shape index (κ1) is 11.5. The van der Waals surface area contributed by atoms with E-state index in [4.69, 9.17) is 10.8 Å². The fourth-order valence-electron chi connectivity index (χ4n) is 1.64. The summed E-state index contributed by atoms with van der Waals surface area (Å²) < 4.78 is 0. The molecule has 0 aromatic heterocycles. The third-order valence-corrected chi connectivity index (χ3v) is 2.58. The number of carbonyl (C=O) groups is 1. The van der Waals surface area contributed by atoms with Crippen molar-refractivity contribution in [1.82, 2.24) is 0 Å². The van der Waals surface area contributed by atoms with Crippen LogP contribution in [0.1, 0.15) is 12.8 Å². The first-order valence-electron chi connectivity index (χ1n) is 4.40. The summed E-state index contributed by atoms with van der Waals surface area (Å²) in [5, 5.41) is 37.5. The minimum absolute atomic E-state index is 0.202. The normalized spacial score (nSPS) is 41.1. The Morgan fingerprint density at radius 3 is 2.57 bits per heavy atom. The summed E-state index contributed by atoms with van der Waals surface area (Å²) >= 11 is 0. The molecule has 6 nitrogen and oxygen atoms in total. The maximum Gasteiger partial charge on any atom is 0.166 e. The zero-order chi connectivity index (χ0) is 10.9. The van der Waals surface area contributed by atoms with Crippen molar-refractivity contribution in [3.05, 3.63) is 0 Å². The Bertz CT molecular complexity index is 234. The molecular weight excluding hydrogens is 190 g/mol. The van der Waals surface area contributed by atoms with Gasteiger partial charge in [-0.05, 0) is 0 Å². The van der Waals surface area contributed by atoms with Gasteiger partial charge in [-0.1, -0.05) is 0 Å². The topological polar surface area (TPSA) is 124 Å². The molecule has 6 heteroatoms. The molecule has 0 aromatic carbocycles. The lowest BCUT2D eigenvalue weighted by Gasteiger charge is -2.39. The number of ketones is 1. The van der Waals surface area contributed by atoms with Crippen LogP contribution in [0.2, 0.25) is 0 Å². The number of aliphatic hydroxyl groups excluding tert-OH is 3. The van der Waals surface area contributed by atoms with E-state index in [2.05, 4.69) is 0 Å². The Hall–Kier alpha value is -0.530. The van der Waals surface area contributed by atoms with E-state index in [0.717, 1.165) is 0 Å². The lowest BCUT2D eigenvalue weighted by molar-refractivity contribution is -0.167. The second kappa shape index (κ2) is 3.92. The molecule has 0 heterocycles. The summed E-state index contributed by atoms with van der Waals surface area (Å²) in [6, 6.07) is 0. The Kier molecular flexibility index (Phi) is 3.23. The highest BCUT2D eigenvalue weighted by molar-refractivity contribution is 5.85. The van der Waals surface area contributed by atoms with Crippen LogP contribution in [0.25, 0.3) is 0 Å². The summed E-state index contributed by atoms with van der Waals surface area (Å²) in [6.45, 7) is -0.202. The predicted octanol–water partition coefficient (Wildman–Crippen LogP) is -2.88. The second-order valence-electron chi connectivity index (χ2n) is 3.71. The van der Waals surface area contributed by atoms with E-state index >= 15 is 0 Å². The minimum Gasteiger partial charge on any atom is -0.390 e. The molecule has 1 aliphatic carbocycles. The maximum absolute atomic E-state index is 11.1. The Balaban J connectivity index is 2.78. The highest BCUT2D eigenvalue weighted by Crippen LogP contribution is 2.29. The average Bonchev–Trinajstić information content (AvgIpc) is 2.12. The summed E-state index contributed by atoms with van der Waals surface area (Å²) in [4.78, 5) is 11.1. The maximum atomic E-state index is 11.1. The number of nitrogens with two attached hydrogens (primary N) is 1. The number of hydrogen-bond acceptors (Lipinski definition) is 6. The Labute approximate surface area is 81.0 Å². The smallest absolute Gasteiger partial charge is 0.166 e. The molecule has 0 unspecified atom stereocenters. The van der Waals surface area contributed by atoms with Gasteiger partial charge in [0.15, 0.2) is 5.78 Å². The van der Waals surface area contributed by atoms with Crippen LogP contribution in [0.4, 0.5) is 0 Å². The fraction of sp³-hybridized carbons (Fsp3) is 0.875. The van der Waals surface area contributed by atoms with Gasteiger partial charge in [-0.25, -0.2) is 0 Å². The molecule has 0 aliphatic heterocycles. The van der Waals surface area contributed by atoms with Gasteiger partial charge in [0.25, 0.3) is 0 Å². The fourth-order valence-corrected chi connectivity index (χ4v) is 1.64. The zero-order valence-corrected chi connectivity index (χ0v) is 7.63. The molecular formula is C8H15NO5. The molecule has 0 spiro atoms. The number of aliphatic hydroxyl groups is 4. The van der Waals surface area contributed by atoms with Gasteiger partial charge in [0.2, 0.25) is 0 Å². The van der Waals surface area contributed by atoms with Crippen molar-refractivity contribution >= 4 is 5.78 Å². The standard InChI is InChI=1S/C8H15NO5/c9-3-6(12)8(14)1-4(10)7(13)5(11)2-8/h4,6-7,10,12-14H,1-3,9H2/t4-,6-,7+,8-/m1/s1. The van der Waals surface area contributed by atoms with E-state index in [0.29, 0.717) is 0 Å². The van der Waals surface area contributed by atoms with Crippen molar-refractivity contribution in [3.63, 3.8) is 0 Å². The van der Waals surface area contributed by atoms with Crippen molar-refractivity contribution < 1.29 is 25.2 Å². The van der Waals surface area contributed by atoms with Gasteiger partial charge in [0, 0.05) is 19.4 Å². The molecule has 4 atom stereocenters. The molecule has 6 N–H and O–H groups in total. The van der Waals surface area contributed by atoms with E-state index in [1.54, 1.807) is 0 Å². The summed E-state index contributed by atoms with van der Waals surface area (Å²) in [5.41, 5.74) is 3.43. The van der Waals surface area contributed by atoms with Crippen molar-refractivity contribution in [2.75, 3.05) is 6.54 Å². The van der Waals surface area contributed by atoms with E-state index in [-0.39, 0.29) is 19.4 Å². The van der Waals surface area contributed by atoms with Crippen LogP contribution in [0.5, 0.6) is 0 Å². The zero-order valence-electron chi connectivity index (χ0n) is 7.63. The molecule has 1 fully saturated rings. The van der Waals surface area contributed by atoms with Gasteiger partial charge in [-0.2, -0.15) is 0 Å². The van der Waals surface area contributed by atoms with E-state index in [9.17, 15) is 20.1 Å². The van der Waals surface area contributed by atoms with Crippen LogP contribution in [0, 0.1) is 0 Å². The van der Waals surface area contributed by atoms with Crippen molar-refractivity contribution in [2.45, 2.75) is 36.8 Å². The second-order valence-corrected chi connectivity index (χ2v) is 3.71. The largest absolute Gasteiger partial charge is 0.390 e. The molecule has 0 saturated heterocycles. The SMILES string of the molecule is NC[C@@H](O)[C@]1(O)CC(=O)[C@@H](O)[C@H](O)C1. The van der Waals surface area contributed by atoms with Crippen LogP contribution in [0.3, 0.4) is 0 Å². The third kappa shape index (κ3) is 1.94. The lowest BCUT2D eigenvalue weighted by Crippen LogP contribution is -2.57. The Morgan fingerprint density at radius 1 is 1.57 bits per heavy atom. The van der Waals surface area contributed by atoms with Crippen molar-refractivity contribution in [3.8, 4) is 0 Å². The summed E-state index contributed by atoms with van der Waals surface area (Å²) in [6.07, 6.45) is -4.72. The molecule has 0 amide bonds. The van der Waals surface area contributed by atoms with E-state index in [1.807, 2.05) is 0 Å². The Morgan fingerprint density at radius 2 is 2.14 bits per heavy atom. The van der Waals surface area contributed by atoms with Gasteiger partial charge < -0.3 is 26.2 Å². The van der Waals surface area contributed by atoms with Crippen LogP contribution in [0.15, 0.2) is 0 Å². The van der Waals surface area contributed by atoms with Crippen molar-refractivity contribution in [1.29, 1.82) is 0 Å². The first-order valence-corrected chi connectivity index (χ1v) is 4.40. The molecule has 0 aromatic rings. The lowest BCUT2D eigenvalue weighted by atomic mass is 9.77. The van der Waals surface area contributed by atoms with Gasteiger partial charge in [-0.3, -0.25) is 4.79 Å². The number of Topliss-reactive ketones (excluding diaryl/α,β-unsaturated/α-hetero) is 1. The van der Waals surface area contributed by atoms with Gasteiger partial charge in [-0.15, -0.1) is 0 Å². The quantitative estimate of drug-likeness (QED) is 0.330. The molecule has 1 saturated carbocycles. The number of carbonyl (C=O) groups excluding carboxylic acids is 1. The highest BCUT2D eigenvalue weighted by Gasteiger charge is 2.47. The van der Waals surface area contributed by atoms with Gasteiger partial charge >= 0.3 is 0 Å². The van der Waals surface area contributed by atoms with Gasteiger partial charge in [0.1, 0.15) is 11.7 Å². The highest BCUT2D eigenvalue weighted by atomic mass is 16.4. The number of rotatable bonds is 2. The summed E-state index contributed by atoms with van der Waals surface area (Å²) in [5.74, 6) is -0.682. The minimum atomic E-state index is -1.72. The molecule has 14 heavy (non-hydrogen) atoms. The summed E-state index contributed by atoms with van der Waals surface area (Å²) in [7, 11) is 0. The molecule has 82 valence electrons. The molecule has 1 aliphatic rings. The van der Waals surface area contributed by atoms with Crippen LogP contribution in [-0.2, 0) is 4.79 Å². The van der Waals surface area contributed by atoms with Gasteiger partial charge in [0.05, 0.1) is 12.2 Å². The van der Waals surface area contributed by atoms with Crippen molar-refractivity contribution in [2.24, 2.45) is 5.73 Å². The van der Waals surface area contributed by atoms with Crippen LogP contribution < -0.4 is 5.73 Å². The van der Waals surface area contributed by atoms with Crippen LogP contribution in [-0.4, -0.2) is 56.7 Å². The number of hydrogen-bond donors (Lipinski definition) is 5. The molecule has 0 bridgehead atoms. The third-order valence-electron chi connectivity index (χ3n) is 2.58. The van der Waals surface area contributed by atoms with E-state index in [1.165, 1.54) is 0 Å².